The summed E-state index contributed by atoms with van der Waals surface area (Å²) in [4.78, 5) is 29.6. The van der Waals surface area contributed by atoms with Gasteiger partial charge in [-0.1, -0.05) is 18.1 Å². The lowest BCUT2D eigenvalue weighted by Gasteiger charge is -2.12. The summed E-state index contributed by atoms with van der Waals surface area (Å²) in [5, 5.41) is -0.158. The van der Waals surface area contributed by atoms with Crippen LogP contribution >= 0.6 is 0 Å². The highest BCUT2D eigenvalue weighted by atomic mass is 19.4. The van der Waals surface area contributed by atoms with E-state index in [9.17, 15) is 22.8 Å². The summed E-state index contributed by atoms with van der Waals surface area (Å²) in [7, 11) is 0. The highest BCUT2D eigenvalue weighted by Crippen LogP contribution is 2.28. The van der Waals surface area contributed by atoms with Gasteiger partial charge >= 0.3 is 11.9 Å². The summed E-state index contributed by atoms with van der Waals surface area (Å²) in [6, 6.07) is 7.81. The second-order valence-electron chi connectivity index (χ2n) is 4.82. The molecular formula is C16H8F3N3O2. The molecule has 0 atom stereocenters. The molecule has 2 aromatic heterocycles. The van der Waals surface area contributed by atoms with Gasteiger partial charge in [0, 0.05) is 5.56 Å². The van der Waals surface area contributed by atoms with E-state index in [1.54, 1.807) is 12.1 Å². The zero-order valence-corrected chi connectivity index (χ0v) is 11.9. The Morgan fingerprint density at radius 1 is 1.12 bits per heavy atom. The minimum atomic E-state index is -4.72. The zero-order chi connectivity index (χ0) is 17.5. The Kier molecular flexibility index (Phi) is 3.49. The van der Waals surface area contributed by atoms with E-state index >= 15 is 0 Å². The number of H-pyrrole nitrogens is 1. The predicted octanol–water partition coefficient (Wildman–Crippen LogP) is 2.07. The zero-order valence-electron chi connectivity index (χ0n) is 11.9. The number of aromatic nitrogens is 3. The lowest BCUT2D eigenvalue weighted by Crippen LogP contribution is -2.30. The van der Waals surface area contributed by atoms with Crippen molar-refractivity contribution in [2.75, 3.05) is 0 Å². The number of hydrogen-bond donors (Lipinski definition) is 1. The Labute approximate surface area is 132 Å². The normalized spacial score (nSPS) is 11.4. The summed E-state index contributed by atoms with van der Waals surface area (Å²) in [5.74, 6) is 2.34. The molecule has 0 saturated carbocycles. The fraction of sp³-hybridized carbons (Fsp3) is 0.0625. The molecule has 120 valence electrons. The smallest absolute Gasteiger partial charge is 0.273 e. The molecule has 3 aromatic rings. The molecule has 1 aromatic carbocycles. The number of pyridine rings is 1. The van der Waals surface area contributed by atoms with Crippen LogP contribution in [0.25, 0.3) is 16.7 Å². The monoisotopic (exact) mass is 331 g/mol. The van der Waals surface area contributed by atoms with Crippen molar-refractivity contribution in [2.45, 2.75) is 6.18 Å². The number of aromatic amines is 1. The average Bonchev–Trinajstić information content (AvgIpc) is 2.54. The maximum absolute atomic E-state index is 12.9. The van der Waals surface area contributed by atoms with Gasteiger partial charge in [-0.15, -0.1) is 6.42 Å². The van der Waals surface area contributed by atoms with Crippen molar-refractivity contribution in [2.24, 2.45) is 0 Å². The van der Waals surface area contributed by atoms with Crippen molar-refractivity contribution in [3.05, 3.63) is 68.5 Å². The Morgan fingerprint density at radius 3 is 2.50 bits per heavy atom. The molecule has 0 aliphatic carbocycles. The first-order chi connectivity index (χ1) is 11.3. The lowest BCUT2D eigenvalue weighted by molar-refractivity contribution is -0.141. The van der Waals surface area contributed by atoms with E-state index in [4.69, 9.17) is 6.42 Å². The second-order valence-corrected chi connectivity index (χ2v) is 4.82. The molecule has 0 radical (unpaired) electrons. The average molecular weight is 331 g/mol. The van der Waals surface area contributed by atoms with E-state index in [1.165, 1.54) is 12.1 Å². The van der Waals surface area contributed by atoms with Crippen LogP contribution in [0.3, 0.4) is 0 Å². The molecule has 1 N–H and O–H groups in total. The van der Waals surface area contributed by atoms with E-state index in [2.05, 4.69) is 15.9 Å². The van der Waals surface area contributed by atoms with Crippen LogP contribution in [-0.4, -0.2) is 14.5 Å². The quantitative estimate of drug-likeness (QED) is 0.694. The molecule has 0 spiro atoms. The Morgan fingerprint density at radius 2 is 1.83 bits per heavy atom. The topological polar surface area (TPSA) is 67.8 Å². The highest BCUT2D eigenvalue weighted by molar-refractivity contribution is 5.76. The standard InChI is InChI=1S/C16H8F3N3O2/c1-2-9-5-3-4-6-11(9)22-13-10(14(23)21-15(22)24)7-8-12(20-13)16(17,18)19/h1,3-8H,(H,21,23,24). The van der Waals surface area contributed by atoms with Gasteiger partial charge in [-0.25, -0.2) is 14.3 Å². The number of benzene rings is 1. The molecule has 8 heteroatoms. The van der Waals surface area contributed by atoms with Crippen LogP contribution in [0, 0.1) is 12.3 Å². The van der Waals surface area contributed by atoms with Gasteiger partial charge in [0.25, 0.3) is 5.56 Å². The van der Waals surface area contributed by atoms with Crippen LogP contribution in [0.1, 0.15) is 11.3 Å². The molecule has 3 rings (SSSR count). The van der Waals surface area contributed by atoms with E-state index in [1.807, 2.05) is 0 Å². The van der Waals surface area contributed by atoms with Gasteiger partial charge in [0.15, 0.2) is 5.65 Å². The fourth-order valence-corrected chi connectivity index (χ4v) is 2.28. The van der Waals surface area contributed by atoms with Crippen molar-refractivity contribution in [1.82, 2.24) is 14.5 Å². The predicted molar refractivity (Wildman–Crippen MR) is 80.9 cm³/mol. The maximum Gasteiger partial charge on any atom is 0.433 e. The number of para-hydroxylation sites is 1. The number of fused-ring (bicyclic) bond motifs is 1. The van der Waals surface area contributed by atoms with E-state index in [0.717, 1.165) is 10.6 Å². The molecule has 0 fully saturated rings. The van der Waals surface area contributed by atoms with E-state index in [-0.39, 0.29) is 16.6 Å². The first-order valence-corrected chi connectivity index (χ1v) is 6.62. The molecule has 0 aliphatic rings. The van der Waals surface area contributed by atoms with Crippen molar-refractivity contribution < 1.29 is 13.2 Å². The molecule has 0 aliphatic heterocycles. The molecule has 0 amide bonds. The summed E-state index contributed by atoms with van der Waals surface area (Å²) in [6.07, 6.45) is 0.655. The van der Waals surface area contributed by atoms with Crippen molar-refractivity contribution in [3.8, 4) is 18.0 Å². The van der Waals surface area contributed by atoms with Gasteiger partial charge < -0.3 is 0 Å². The second kappa shape index (κ2) is 5.38. The van der Waals surface area contributed by atoms with Gasteiger partial charge in [-0.2, -0.15) is 13.2 Å². The van der Waals surface area contributed by atoms with Crippen LogP contribution in [0.15, 0.2) is 46.0 Å². The van der Waals surface area contributed by atoms with E-state index in [0.29, 0.717) is 6.07 Å². The van der Waals surface area contributed by atoms with Gasteiger partial charge in [-0.3, -0.25) is 9.78 Å². The van der Waals surface area contributed by atoms with Crippen molar-refractivity contribution in [3.63, 3.8) is 0 Å². The number of hydrogen-bond acceptors (Lipinski definition) is 3. The number of terminal acetylenes is 1. The molecule has 0 unspecified atom stereocenters. The molecule has 0 bridgehead atoms. The minimum Gasteiger partial charge on any atom is -0.273 e. The fourth-order valence-electron chi connectivity index (χ4n) is 2.28. The van der Waals surface area contributed by atoms with Crippen molar-refractivity contribution >= 4 is 11.0 Å². The molecule has 24 heavy (non-hydrogen) atoms. The van der Waals surface area contributed by atoms with Crippen LogP contribution < -0.4 is 11.2 Å². The Balaban J connectivity index is 2.50. The van der Waals surface area contributed by atoms with Crippen LogP contribution in [0.5, 0.6) is 0 Å². The largest absolute Gasteiger partial charge is 0.433 e. The van der Waals surface area contributed by atoms with Crippen LogP contribution in [0.4, 0.5) is 13.2 Å². The summed E-state index contributed by atoms with van der Waals surface area (Å²) < 4.78 is 39.6. The number of nitrogens with one attached hydrogen (secondary N) is 1. The summed E-state index contributed by atoms with van der Waals surface area (Å²) in [6.45, 7) is 0. The third kappa shape index (κ3) is 2.46. The molecule has 0 saturated heterocycles. The first kappa shape index (κ1) is 15.6. The number of nitrogens with zero attached hydrogens (tertiary/aromatic N) is 2. The Hall–Kier alpha value is -3.34. The molecule has 2 heterocycles. The lowest BCUT2D eigenvalue weighted by atomic mass is 10.2. The van der Waals surface area contributed by atoms with E-state index < -0.39 is 28.8 Å². The molecular weight excluding hydrogens is 323 g/mol. The maximum atomic E-state index is 12.9. The molecule has 5 nitrogen and oxygen atoms in total. The number of alkyl halides is 3. The van der Waals surface area contributed by atoms with Gasteiger partial charge in [0.2, 0.25) is 0 Å². The third-order valence-electron chi connectivity index (χ3n) is 3.35. The number of halogens is 3. The summed E-state index contributed by atoms with van der Waals surface area (Å²) in [5.41, 5.74) is -2.97. The van der Waals surface area contributed by atoms with Crippen molar-refractivity contribution in [1.29, 1.82) is 0 Å². The van der Waals surface area contributed by atoms with Gasteiger partial charge in [-0.05, 0) is 24.3 Å². The van der Waals surface area contributed by atoms with Gasteiger partial charge in [0.1, 0.15) is 5.69 Å². The van der Waals surface area contributed by atoms with Crippen LogP contribution in [-0.2, 0) is 6.18 Å². The van der Waals surface area contributed by atoms with Gasteiger partial charge in [0.05, 0.1) is 11.1 Å². The highest BCUT2D eigenvalue weighted by Gasteiger charge is 2.33. The number of rotatable bonds is 1. The SMILES string of the molecule is C#Cc1ccccc1-n1c(=O)[nH]c(=O)c2ccc(C(F)(F)F)nc21. The van der Waals surface area contributed by atoms with Crippen LogP contribution in [0.2, 0.25) is 0 Å². The summed E-state index contributed by atoms with van der Waals surface area (Å²) >= 11 is 0. The first-order valence-electron chi connectivity index (χ1n) is 6.62. The third-order valence-corrected chi connectivity index (χ3v) is 3.35. The minimum absolute atomic E-state index is 0.151. The Bertz CT molecular complexity index is 1100.